The molecule has 1 aromatic heterocycles. The first-order valence-corrected chi connectivity index (χ1v) is 11.3. The lowest BCUT2D eigenvalue weighted by molar-refractivity contribution is 0.0714. The van der Waals surface area contributed by atoms with Crippen molar-refractivity contribution in [2.45, 2.75) is 45.7 Å². The second-order valence-corrected chi connectivity index (χ2v) is 9.87. The minimum Gasteiger partial charge on any atom is -0.450 e. The molecule has 1 aliphatic heterocycles. The Labute approximate surface area is 193 Å². The fourth-order valence-electron chi connectivity index (χ4n) is 4.59. The number of benzene rings is 3. The number of fused-ring (bicyclic) bond motifs is 2. The predicted octanol–water partition coefficient (Wildman–Crippen LogP) is 6.14. The van der Waals surface area contributed by atoms with Gasteiger partial charge in [-0.1, -0.05) is 87.0 Å². The van der Waals surface area contributed by atoms with E-state index in [1.807, 2.05) is 61.5 Å². The molecule has 0 saturated carbocycles. The standard InChI is InChI=1S/C29H27NO3/c1-18-10-15-23-22(16-18)26(31)24-25(20-11-13-21(14-12-20)29(2,3)4)30(28(32)27(24)33-23)17-19-8-6-5-7-9-19/h5-16,25H,17H2,1-4H3. The summed E-state index contributed by atoms with van der Waals surface area (Å²) in [6.45, 7) is 8.84. The van der Waals surface area contributed by atoms with Gasteiger partial charge in [0.2, 0.25) is 5.76 Å². The molecule has 1 aliphatic rings. The number of carbonyl (C=O) groups is 1. The summed E-state index contributed by atoms with van der Waals surface area (Å²) >= 11 is 0. The quantitative estimate of drug-likeness (QED) is 0.387. The van der Waals surface area contributed by atoms with Crippen LogP contribution in [0, 0.1) is 6.92 Å². The monoisotopic (exact) mass is 437 g/mol. The highest BCUT2D eigenvalue weighted by Crippen LogP contribution is 2.39. The fourth-order valence-corrected chi connectivity index (χ4v) is 4.59. The van der Waals surface area contributed by atoms with Gasteiger partial charge in [0.15, 0.2) is 5.43 Å². The summed E-state index contributed by atoms with van der Waals surface area (Å²) in [7, 11) is 0. The van der Waals surface area contributed by atoms with Gasteiger partial charge in [0.1, 0.15) is 5.58 Å². The zero-order valence-corrected chi connectivity index (χ0v) is 19.4. The van der Waals surface area contributed by atoms with Gasteiger partial charge >= 0.3 is 0 Å². The minimum atomic E-state index is -0.497. The van der Waals surface area contributed by atoms with Crippen molar-refractivity contribution in [1.29, 1.82) is 0 Å². The molecule has 0 spiro atoms. The van der Waals surface area contributed by atoms with Gasteiger partial charge in [-0.05, 0) is 41.2 Å². The molecule has 2 heterocycles. The molecule has 0 aliphatic carbocycles. The first kappa shape index (κ1) is 21.2. The van der Waals surface area contributed by atoms with Crippen molar-refractivity contribution in [1.82, 2.24) is 4.90 Å². The molecule has 0 N–H and O–H groups in total. The second kappa shape index (κ2) is 7.73. The summed E-state index contributed by atoms with van der Waals surface area (Å²) in [5.41, 5.74) is 4.84. The van der Waals surface area contributed by atoms with Gasteiger partial charge in [-0.2, -0.15) is 0 Å². The maximum Gasteiger partial charge on any atom is 0.291 e. The Morgan fingerprint density at radius 2 is 1.61 bits per heavy atom. The summed E-state index contributed by atoms with van der Waals surface area (Å²) in [4.78, 5) is 29.0. The third kappa shape index (κ3) is 3.66. The van der Waals surface area contributed by atoms with Crippen LogP contribution < -0.4 is 5.43 Å². The number of nitrogens with zero attached hydrogens (tertiary/aromatic N) is 1. The number of rotatable bonds is 3. The first-order valence-electron chi connectivity index (χ1n) is 11.3. The van der Waals surface area contributed by atoms with E-state index in [4.69, 9.17) is 4.42 Å². The van der Waals surface area contributed by atoms with E-state index < -0.39 is 6.04 Å². The van der Waals surface area contributed by atoms with Crippen molar-refractivity contribution in [2.24, 2.45) is 0 Å². The SMILES string of the molecule is Cc1ccc2oc3c(c(=O)c2c1)C(c1ccc(C(C)(C)C)cc1)N(Cc1ccccc1)C3=O. The Balaban J connectivity index is 1.71. The van der Waals surface area contributed by atoms with Crippen LogP contribution in [0.4, 0.5) is 0 Å². The van der Waals surface area contributed by atoms with Gasteiger partial charge in [0.25, 0.3) is 5.91 Å². The maximum absolute atomic E-state index is 13.7. The maximum atomic E-state index is 13.7. The molecular weight excluding hydrogens is 410 g/mol. The van der Waals surface area contributed by atoms with Gasteiger partial charge in [-0.3, -0.25) is 9.59 Å². The van der Waals surface area contributed by atoms with E-state index >= 15 is 0 Å². The zero-order valence-electron chi connectivity index (χ0n) is 19.4. The van der Waals surface area contributed by atoms with Gasteiger partial charge < -0.3 is 9.32 Å². The average molecular weight is 438 g/mol. The molecule has 0 radical (unpaired) electrons. The van der Waals surface area contributed by atoms with Crippen LogP contribution in [0.15, 0.2) is 82.0 Å². The van der Waals surface area contributed by atoms with E-state index in [1.165, 1.54) is 5.56 Å². The largest absolute Gasteiger partial charge is 0.450 e. The van der Waals surface area contributed by atoms with Crippen LogP contribution in [0.1, 0.15) is 65.2 Å². The van der Waals surface area contributed by atoms with E-state index in [1.54, 1.807) is 11.0 Å². The Morgan fingerprint density at radius 3 is 2.27 bits per heavy atom. The van der Waals surface area contributed by atoms with Gasteiger partial charge in [-0.25, -0.2) is 0 Å². The third-order valence-electron chi connectivity index (χ3n) is 6.41. The van der Waals surface area contributed by atoms with Crippen LogP contribution >= 0.6 is 0 Å². The van der Waals surface area contributed by atoms with Crippen LogP contribution in [0.25, 0.3) is 11.0 Å². The number of hydrogen-bond donors (Lipinski definition) is 0. The Hall–Kier alpha value is -3.66. The molecule has 1 amide bonds. The predicted molar refractivity (Wildman–Crippen MR) is 131 cm³/mol. The Kier molecular flexibility index (Phi) is 4.97. The van der Waals surface area contributed by atoms with Crippen molar-refractivity contribution >= 4 is 16.9 Å². The van der Waals surface area contributed by atoms with E-state index in [0.717, 1.165) is 16.7 Å². The van der Waals surface area contributed by atoms with Crippen molar-refractivity contribution < 1.29 is 9.21 Å². The number of carbonyl (C=O) groups excluding carboxylic acids is 1. The van der Waals surface area contributed by atoms with Crippen LogP contribution in [0.2, 0.25) is 0 Å². The smallest absolute Gasteiger partial charge is 0.291 e. The summed E-state index contributed by atoms with van der Waals surface area (Å²) in [5, 5.41) is 0.513. The number of hydrogen-bond acceptors (Lipinski definition) is 3. The topological polar surface area (TPSA) is 50.5 Å². The zero-order chi connectivity index (χ0) is 23.3. The van der Waals surface area contributed by atoms with Gasteiger partial charge in [-0.15, -0.1) is 0 Å². The highest BCUT2D eigenvalue weighted by molar-refractivity contribution is 5.99. The molecule has 0 saturated heterocycles. The molecule has 0 bridgehead atoms. The molecule has 1 atom stereocenters. The highest BCUT2D eigenvalue weighted by atomic mass is 16.3. The van der Waals surface area contributed by atoms with Crippen LogP contribution in [-0.4, -0.2) is 10.8 Å². The molecular formula is C29H27NO3. The lowest BCUT2D eigenvalue weighted by Crippen LogP contribution is -2.29. The average Bonchev–Trinajstić information content (AvgIpc) is 3.06. The highest BCUT2D eigenvalue weighted by Gasteiger charge is 2.42. The molecule has 4 heteroatoms. The van der Waals surface area contributed by atoms with E-state index in [-0.39, 0.29) is 22.5 Å². The lowest BCUT2D eigenvalue weighted by atomic mass is 9.86. The third-order valence-corrected chi connectivity index (χ3v) is 6.41. The fraction of sp³-hybridized carbons (Fsp3) is 0.241. The van der Waals surface area contributed by atoms with E-state index in [9.17, 15) is 9.59 Å². The van der Waals surface area contributed by atoms with Gasteiger partial charge in [0, 0.05) is 6.54 Å². The number of aryl methyl sites for hydroxylation is 1. The molecule has 0 fully saturated rings. The number of amides is 1. The van der Waals surface area contributed by atoms with Crippen molar-refractivity contribution in [3.63, 3.8) is 0 Å². The van der Waals surface area contributed by atoms with Crippen LogP contribution in [0.5, 0.6) is 0 Å². The lowest BCUT2D eigenvalue weighted by Gasteiger charge is -2.26. The normalized spacial score (nSPS) is 15.8. The Morgan fingerprint density at radius 1 is 0.909 bits per heavy atom. The molecule has 4 aromatic rings. The van der Waals surface area contributed by atoms with Crippen molar-refractivity contribution in [3.8, 4) is 0 Å². The summed E-state index contributed by atoms with van der Waals surface area (Å²) < 4.78 is 6.06. The van der Waals surface area contributed by atoms with E-state index in [0.29, 0.717) is 23.1 Å². The van der Waals surface area contributed by atoms with Crippen LogP contribution in [-0.2, 0) is 12.0 Å². The molecule has 166 valence electrons. The van der Waals surface area contributed by atoms with Gasteiger partial charge in [0.05, 0.1) is 17.0 Å². The molecule has 5 rings (SSSR count). The molecule has 33 heavy (non-hydrogen) atoms. The summed E-state index contributed by atoms with van der Waals surface area (Å²) in [6, 6.07) is 23.1. The molecule has 1 unspecified atom stereocenters. The van der Waals surface area contributed by atoms with Crippen LogP contribution in [0.3, 0.4) is 0 Å². The van der Waals surface area contributed by atoms with Crippen molar-refractivity contribution in [2.75, 3.05) is 0 Å². The second-order valence-electron chi connectivity index (χ2n) is 9.87. The van der Waals surface area contributed by atoms with E-state index in [2.05, 4.69) is 32.9 Å². The Bertz CT molecular complexity index is 1410. The van der Waals surface area contributed by atoms with Crippen molar-refractivity contribution in [3.05, 3.63) is 117 Å². The molecule has 4 nitrogen and oxygen atoms in total. The summed E-state index contributed by atoms with van der Waals surface area (Å²) in [6.07, 6.45) is 0. The first-order chi connectivity index (χ1) is 15.7. The minimum absolute atomic E-state index is 0.0123. The summed E-state index contributed by atoms with van der Waals surface area (Å²) in [5.74, 6) is -0.101. The molecule has 3 aromatic carbocycles.